The van der Waals surface area contributed by atoms with E-state index in [-0.39, 0.29) is 0 Å². The Morgan fingerprint density at radius 3 is 1.20 bits per heavy atom. The van der Waals surface area contributed by atoms with Gasteiger partial charge in [-0.1, -0.05) is 27.7 Å². The normalized spacial score (nSPS) is 24.9. The van der Waals surface area contributed by atoms with Crippen LogP contribution in [0.2, 0.25) is 0 Å². The molecule has 0 unspecified atom stereocenters. The van der Waals surface area contributed by atoms with Crippen molar-refractivity contribution in [2.45, 2.75) is 53.4 Å². The summed E-state index contributed by atoms with van der Waals surface area (Å²) in [5, 5.41) is 0. The van der Waals surface area contributed by atoms with Gasteiger partial charge in [-0.3, -0.25) is 0 Å². The molecule has 0 amide bonds. The molecule has 2 nitrogen and oxygen atoms in total. The molecule has 0 saturated carbocycles. The highest BCUT2D eigenvalue weighted by molar-refractivity contribution is 4.77. The third kappa shape index (κ3) is 4.73. The maximum absolute atomic E-state index is 2.70. The summed E-state index contributed by atoms with van der Waals surface area (Å²) in [6.45, 7) is 17.5. The number of piperidine rings is 2. The molecule has 2 aliphatic rings. The number of hydrogen-bond donors (Lipinski definition) is 0. The van der Waals surface area contributed by atoms with Gasteiger partial charge in [0.2, 0.25) is 0 Å². The van der Waals surface area contributed by atoms with E-state index in [4.69, 9.17) is 0 Å². The minimum atomic E-state index is 0.882. The van der Waals surface area contributed by atoms with E-state index >= 15 is 0 Å². The highest BCUT2D eigenvalue weighted by Gasteiger charge is 2.24. The van der Waals surface area contributed by atoms with E-state index in [1.165, 1.54) is 65.0 Å². The van der Waals surface area contributed by atoms with Gasteiger partial charge in [0.1, 0.15) is 0 Å². The predicted octanol–water partition coefficient (Wildman–Crippen LogP) is 3.72. The third-order valence-corrected chi connectivity index (χ3v) is 5.88. The van der Waals surface area contributed by atoms with Crippen LogP contribution in [0.1, 0.15) is 53.4 Å². The number of rotatable bonds is 5. The van der Waals surface area contributed by atoms with Gasteiger partial charge in [0.15, 0.2) is 0 Å². The fraction of sp³-hybridized carbons (Fsp3) is 1.00. The summed E-state index contributed by atoms with van der Waals surface area (Å²) in [7, 11) is 0. The Kier molecular flexibility index (Phi) is 6.35. The molecule has 0 aromatic carbocycles. The van der Waals surface area contributed by atoms with Gasteiger partial charge in [-0.25, -0.2) is 0 Å². The van der Waals surface area contributed by atoms with E-state index in [1.807, 2.05) is 0 Å². The van der Waals surface area contributed by atoms with Gasteiger partial charge in [-0.05, 0) is 75.5 Å². The Hall–Kier alpha value is -0.0800. The topological polar surface area (TPSA) is 6.48 Å². The van der Waals surface area contributed by atoms with Crippen molar-refractivity contribution in [3.8, 4) is 0 Å². The molecule has 2 fully saturated rings. The van der Waals surface area contributed by atoms with Crippen molar-refractivity contribution in [3.63, 3.8) is 0 Å². The summed E-state index contributed by atoms with van der Waals surface area (Å²) < 4.78 is 0. The molecule has 2 heteroatoms. The van der Waals surface area contributed by atoms with Gasteiger partial charge in [0.05, 0.1) is 0 Å². The van der Waals surface area contributed by atoms with E-state index in [0.717, 1.165) is 23.7 Å². The molecule has 0 atom stereocenters. The van der Waals surface area contributed by atoms with Gasteiger partial charge < -0.3 is 9.80 Å². The Morgan fingerprint density at radius 2 is 0.950 bits per heavy atom. The summed E-state index contributed by atoms with van der Waals surface area (Å²) in [5.74, 6) is 3.72. The summed E-state index contributed by atoms with van der Waals surface area (Å²) in [4.78, 5) is 5.40. The average Bonchev–Trinajstić information content (AvgIpc) is 2.46. The molecular formula is C18H36N2. The standard InChI is InChI=1S/C18H36N2/c1-15(2)17-5-9-19(10-6-17)13-14-20-11-7-18(8-12-20)16(3)4/h15-18H,5-14H2,1-4H3. The minimum absolute atomic E-state index is 0.882. The number of nitrogens with zero attached hydrogens (tertiary/aromatic N) is 2. The van der Waals surface area contributed by atoms with Crippen molar-refractivity contribution in [2.75, 3.05) is 39.3 Å². The summed E-state index contributed by atoms with van der Waals surface area (Å²) in [5.41, 5.74) is 0. The molecule has 0 spiro atoms. The first-order chi connectivity index (χ1) is 9.56. The SMILES string of the molecule is CC(C)C1CCN(CCN2CCC(C(C)C)CC2)CC1. The van der Waals surface area contributed by atoms with E-state index < -0.39 is 0 Å². The van der Waals surface area contributed by atoms with Gasteiger partial charge in [-0.2, -0.15) is 0 Å². The molecular weight excluding hydrogens is 244 g/mol. The monoisotopic (exact) mass is 280 g/mol. The van der Waals surface area contributed by atoms with Crippen molar-refractivity contribution in [1.82, 2.24) is 9.80 Å². The second-order valence-corrected chi connectivity index (χ2v) is 7.85. The zero-order valence-electron chi connectivity index (χ0n) is 14.3. The molecule has 118 valence electrons. The van der Waals surface area contributed by atoms with Crippen LogP contribution in [0.15, 0.2) is 0 Å². The number of hydrogen-bond acceptors (Lipinski definition) is 2. The largest absolute Gasteiger partial charge is 0.302 e. The quantitative estimate of drug-likeness (QED) is 0.757. The minimum Gasteiger partial charge on any atom is -0.302 e. The fourth-order valence-electron chi connectivity index (χ4n) is 3.97. The highest BCUT2D eigenvalue weighted by atomic mass is 15.2. The second-order valence-electron chi connectivity index (χ2n) is 7.85. The lowest BCUT2D eigenvalue weighted by atomic mass is 9.86. The van der Waals surface area contributed by atoms with Gasteiger partial charge in [0.25, 0.3) is 0 Å². The molecule has 2 saturated heterocycles. The Labute approximate surface area is 126 Å². The van der Waals surface area contributed by atoms with Crippen LogP contribution < -0.4 is 0 Å². The smallest absolute Gasteiger partial charge is 0.0109 e. The lowest BCUT2D eigenvalue weighted by Crippen LogP contribution is -2.43. The van der Waals surface area contributed by atoms with Crippen LogP contribution in [0.3, 0.4) is 0 Å². The molecule has 0 aliphatic carbocycles. The van der Waals surface area contributed by atoms with Crippen molar-refractivity contribution in [3.05, 3.63) is 0 Å². The van der Waals surface area contributed by atoms with Crippen molar-refractivity contribution in [2.24, 2.45) is 23.7 Å². The summed E-state index contributed by atoms with van der Waals surface area (Å²) in [6, 6.07) is 0. The van der Waals surface area contributed by atoms with Gasteiger partial charge in [-0.15, -0.1) is 0 Å². The Bertz CT molecular complexity index is 231. The molecule has 2 aliphatic heterocycles. The molecule has 0 N–H and O–H groups in total. The maximum atomic E-state index is 2.70. The van der Waals surface area contributed by atoms with Gasteiger partial charge in [0, 0.05) is 13.1 Å². The molecule has 0 bridgehead atoms. The second kappa shape index (κ2) is 7.79. The molecule has 2 heterocycles. The predicted molar refractivity (Wildman–Crippen MR) is 88.0 cm³/mol. The fourth-order valence-corrected chi connectivity index (χ4v) is 3.97. The molecule has 0 radical (unpaired) electrons. The van der Waals surface area contributed by atoms with E-state index in [9.17, 15) is 0 Å². The molecule has 20 heavy (non-hydrogen) atoms. The lowest BCUT2D eigenvalue weighted by molar-refractivity contribution is 0.114. The van der Waals surface area contributed by atoms with Crippen molar-refractivity contribution in [1.29, 1.82) is 0 Å². The first kappa shape index (κ1) is 16.3. The maximum Gasteiger partial charge on any atom is 0.0109 e. The highest BCUT2D eigenvalue weighted by Crippen LogP contribution is 2.26. The van der Waals surface area contributed by atoms with Crippen LogP contribution in [0, 0.1) is 23.7 Å². The van der Waals surface area contributed by atoms with E-state index in [0.29, 0.717) is 0 Å². The van der Waals surface area contributed by atoms with Crippen LogP contribution in [0.4, 0.5) is 0 Å². The lowest BCUT2D eigenvalue weighted by Gasteiger charge is -2.37. The van der Waals surface area contributed by atoms with Crippen molar-refractivity contribution >= 4 is 0 Å². The van der Waals surface area contributed by atoms with Gasteiger partial charge >= 0.3 is 0 Å². The average molecular weight is 281 g/mol. The first-order valence-electron chi connectivity index (χ1n) is 9.01. The third-order valence-electron chi connectivity index (χ3n) is 5.88. The van der Waals surface area contributed by atoms with Crippen LogP contribution >= 0.6 is 0 Å². The van der Waals surface area contributed by atoms with Crippen LogP contribution in [-0.2, 0) is 0 Å². The zero-order chi connectivity index (χ0) is 14.5. The van der Waals surface area contributed by atoms with Crippen LogP contribution in [0.5, 0.6) is 0 Å². The molecule has 2 rings (SSSR count). The zero-order valence-corrected chi connectivity index (χ0v) is 14.3. The molecule has 0 aromatic heterocycles. The Morgan fingerprint density at radius 1 is 0.650 bits per heavy atom. The van der Waals surface area contributed by atoms with Crippen molar-refractivity contribution < 1.29 is 0 Å². The first-order valence-corrected chi connectivity index (χ1v) is 9.01. The van der Waals surface area contributed by atoms with Crippen LogP contribution in [0.25, 0.3) is 0 Å². The van der Waals surface area contributed by atoms with E-state index in [2.05, 4.69) is 37.5 Å². The van der Waals surface area contributed by atoms with Crippen LogP contribution in [-0.4, -0.2) is 49.1 Å². The summed E-state index contributed by atoms with van der Waals surface area (Å²) in [6.07, 6.45) is 5.69. The summed E-state index contributed by atoms with van der Waals surface area (Å²) >= 11 is 0. The number of likely N-dealkylation sites (tertiary alicyclic amines) is 2. The Balaban J connectivity index is 1.60. The molecule has 0 aromatic rings. The van der Waals surface area contributed by atoms with E-state index in [1.54, 1.807) is 0 Å².